The number of fused-ring (bicyclic) bond motifs is 1. The molecule has 0 radical (unpaired) electrons. The van der Waals surface area contributed by atoms with E-state index in [-0.39, 0.29) is 29.6 Å². The molecule has 0 aliphatic carbocycles. The fraction of sp³-hybridized carbons (Fsp3) is 0.273. The summed E-state index contributed by atoms with van der Waals surface area (Å²) in [6, 6.07) is 3.03. The van der Waals surface area contributed by atoms with Crippen LogP contribution in [0.3, 0.4) is 0 Å². The van der Waals surface area contributed by atoms with E-state index in [0.717, 1.165) is 6.29 Å². The Morgan fingerprint density at radius 2 is 2.33 bits per heavy atom. The molecule has 0 fully saturated rings. The molecule has 0 spiro atoms. The fourth-order valence-electron chi connectivity index (χ4n) is 1.75. The molecule has 1 aliphatic heterocycles. The minimum atomic E-state index is -0.335. The van der Waals surface area contributed by atoms with Gasteiger partial charge in [0.15, 0.2) is 5.78 Å². The first kappa shape index (κ1) is 9.71. The zero-order chi connectivity index (χ0) is 11.0. The van der Waals surface area contributed by atoms with Crippen LogP contribution in [0.4, 0.5) is 0 Å². The number of rotatable bonds is 2. The second-order valence-electron chi connectivity index (χ2n) is 3.49. The predicted molar refractivity (Wildman–Crippen MR) is 52.4 cm³/mol. The van der Waals surface area contributed by atoms with Crippen LogP contribution in [-0.4, -0.2) is 23.8 Å². The lowest BCUT2D eigenvalue weighted by Gasteiger charge is -2.06. The summed E-state index contributed by atoms with van der Waals surface area (Å²) in [5.41, 5.74) is 0.838. The molecule has 1 N–H and O–H groups in total. The third-order valence-corrected chi connectivity index (χ3v) is 2.49. The summed E-state index contributed by atoms with van der Waals surface area (Å²) in [5, 5.41) is 9.51. The van der Waals surface area contributed by atoms with E-state index in [1.807, 2.05) is 0 Å². The highest BCUT2D eigenvalue weighted by Crippen LogP contribution is 2.40. The van der Waals surface area contributed by atoms with Crippen molar-refractivity contribution in [1.29, 1.82) is 0 Å². The Kier molecular flexibility index (Phi) is 2.19. The number of phenols is 1. The van der Waals surface area contributed by atoms with Crippen molar-refractivity contribution in [3.8, 4) is 11.5 Å². The topological polar surface area (TPSA) is 63.6 Å². The molecule has 0 aromatic heterocycles. The molecular formula is C11H10O4. The summed E-state index contributed by atoms with van der Waals surface area (Å²) in [6.07, 6.45) is 0.785. The van der Waals surface area contributed by atoms with E-state index in [9.17, 15) is 14.7 Å². The number of hydrogen-bond donors (Lipinski definition) is 1. The van der Waals surface area contributed by atoms with Gasteiger partial charge in [-0.15, -0.1) is 0 Å². The lowest BCUT2D eigenvalue weighted by Crippen LogP contribution is -2.00. The average Bonchev–Trinajstić information content (AvgIpc) is 2.59. The van der Waals surface area contributed by atoms with Gasteiger partial charge in [0, 0.05) is 5.56 Å². The van der Waals surface area contributed by atoms with Crippen molar-refractivity contribution >= 4 is 12.1 Å². The zero-order valence-corrected chi connectivity index (χ0v) is 8.19. The third-order valence-electron chi connectivity index (χ3n) is 2.49. The zero-order valence-electron chi connectivity index (χ0n) is 8.19. The molecule has 1 aliphatic rings. The minimum Gasteiger partial charge on any atom is -0.507 e. The molecule has 0 amide bonds. The number of benzene rings is 1. The van der Waals surface area contributed by atoms with Crippen molar-refractivity contribution in [2.75, 3.05) is 6.61 Å². The average molecular weight is 206 g/mol. The third kappa shape index (κ3) is 1.38. The van der Waals surface area contributed by atoms with Crippen molar-refractivity contribution in [1.82, 2.24) is 0 Å². The summed E-state index contributed by atoms with van der Waals surface area (Å²) in [5.74, 6) is -0.359. The first-order valence-corrected chi connectivity index (χ1v) is 4.60. The van der Waals surface area contributed by atoms with Crippen molar-refractivity contribution in [3.05, 3.63) is 23.3 Å². The summed E-state index contributed by atoms with van der Waals surface area (Å²) < 4.78 is 5.26. The summed E-state index contributed by atoms with van der Waals surface area (Å²) in [4.78, 5) is 22.0. The van der Waals surface area contributed by atoms with Gasteiger partial charge in [-0.1, -0.05) is 6.07 Å². The smallest absolute Gasteiger partial charge is 0.167 e. The van der Waals surface area contributed by atoms with Gasteiger partial charge in [-0.3, -0.25) is 4.79 Å². The van der Waals surface area contributed by atoms with Gasteiger partial charge in [-0.05, 0) is 13.0 Å². The van der Waals surface area contributed by atoms with E-state index >= 15 is 0 Å². The largest absolute Gasteiger partial charge is 0.507 e. The number of hydrogen-bond acceptors (Lipinski definition) is 4. The van der Waals surface area contributed by atoms with E-state index in [1.54, 1.807) is 6.07 Å². The van der Waals surface area contributed by atoms with Crippen LogP contribution in [-0.2, 0) is 4.79 Å². The van der Waals surface area contributed by atoms with Crippen LogP contribution < -0.4 is 4.74 Å². The lowest BCUT2D eigenvalue weighted by atomic mass is 9.98. The number of aldehydes is 1. The molecule has 15 heavy (non-hydrogen) atoms. The van der Waals surface area contributed by atoms with Gasteiger partial charge >= 0.3 is 0 Å². The molecule has 4 nitrogen and oxygen atoms in total. The molecule has 0 saturated carbocycles. The van der Waals surface area contributed by atoms with Crippen LogP contribution in [0.5, 0.6) is 11.5 Å². The van der Waals surface area contributed by atoms with E-state index in [1.165, 1.54) is 13.0 Å². The number of carbonyl (C=O) groups is 2. The highest BCUT2D eigenvalue weighted by Gasteiger charge is 2.29. The normalized spacial score (nSPS) is 18.1. The summed E-state index contributed by atoms with van der Waals surface area (Å²) >= 11 is 0. The maximum absolute atomic E-state index is 11.3. The maximum atomic E-state index is 11.3. The molecule has 0 bridgehead atoms. The number of ketones is 1. The van der Waals surface area contributed by atoms with E-state index in [4.69, 9.17) is 4.74 Å². The Morgan fingerprint density at radius 1 is 1.60 bits per heavy atom. The Balaban J connectivity index is 2.62. The number of aromatic hydroxyl groups is 1. The van der Waals surface area contributed by atoms with Crippen LogP contribution in [0, 0.1) is 0 Å². The number of Topliss-reactive ketones (excluding diaryl/α,β-unsaturated/α-hetero) is 1. The van der Waals surface area contributed by atoms with Crippen molar-refractivity contribution in [2.24, 2.45) is 0 Å². The van der Waals surface area contributed by atoms with Crippen LogP contribution >= 0.6 is 0 Å². The molecule has 4 heteroatoms. The summed E-state index contributed by atoms with van der Waals surface area (Å²) in [6.45, 7) is 1.59. The highest BCUT2D eigenvalue weighted by molar-refractivity contribution is 6.00. The van der Waals surface area contributed by atoms with E-state index in [0.29, 0.717) is 11.3 Å². The lowest BCUT2D eigenvalue weighted by molar-refractivity contribution is -0.109. The van der Waals surface area contributed by atoms with Crippen LogP contribution in [0.2, 0.25) is 0 Å². The van der Waals surface area contributed by atoms with Gasteiger partial charge in [-0.2, -0.15) is 0 Å². The number of carbonyl (C=O) groups excluding carboxylic acids is 2. The molecular weight excluding hydrogens is 196 g/mol. The van der Waals surface area contributed by atoms with Gasteiger partial charge in [0.2, 0.25) is 0 Å². The second-order valence-corrected chi connectivity index (χ2v) is 3.49. The van der Waals surface area contributed by atoms with Crippen LogP contribution in [0.25, 0.3) is 0 Å². The van der Waals surface area contributed by atoms with Crippen molar-refractivity contribution in [3.63, 3.8) is 0 Å². The SMILES string of the molecule is CC(=O)c1c(O)ccc2c1OCC2C=O. The maximum Gasteiger partial charge on any atom is 0.167 e. The predicted octanol–water partition coefficient (Wildman–Crippen LogP) is 1.27. The Morgan fingerprint density at radius 3 is 2.93 bits per heavy atom. The van der Waals surface area contributed by atoms with Gasteiger partial charge in [0.05, 0.1) is 5.92 Å². The standard InChI is InChI=1S/C11H10O4/c1-6(13)10-9(14)3-2-8-7(4-12)5-15-11(8)10/h2-4,7,14H,5H2,1H3. The minimum absolute atomic E-state index is 0.104. The van der Waals surface area contributed by atoms with E-state index < -0.39 is 0 Å². The Labute approximate surface area is 86.5 Å². The quantitative estimate of drug-likeness (QED) is 0.584. The van der Waals surface area contributed by atoms with Gasteiger partial charge < -0.3 is 14.6 Å². The second kappa shape index (κ2) is 3.38. The van der Waals surface area contributed by atoms with Crippen LogP contribution in [0.1, 0.15) is 28.8 Å². The summed E-state index contributed by atoms with van der Waals surface area (Å²) in [7, 11) is 0. The molecule has 78 valence electrons. The monoisotopic (exact) mass is 206 g/mol. The first-order valence-electron chi connectivity index (χ1n) is 4.60. The van der Waals surface area contributed by atoms with Crippen molar-refractivity contribution in [2.45, 2.75) is 12.8 Å². The fourth-order valence-corrected chi connectivity index (χ4v) is 1.75. The van der Waals surface area contributed by atoms with Crippen molar-refractivity contribution < 1.29 is 19.4 Å². The molecule has 1 atom stereocenters. The van der Waals surface area contributed by atoms with Gasteiger partial charge in [0.25, 0.3) is 0 Å². The van der Waals surface area contributed by atoms with E-state index in [2.05, 4.69) is 0 Å². The van der Waals surface area contributed by atoms with Gasteiger partial charge in [-0.25, -0.2) is 0 Å². The Bertz CT molecular complexity index is 436. The van der Waals surface area contributed by atoms with Crippen LogP contribution in [0.15, 0.2) is 12.1 Å². The Hall–Kier alpha value is -1.84. The molecule has 1 aromatic carbocycles. The molecule has 1 unspecified atom stereocenters. The van der Waals surface area contributed by atoms with Gasteiger partial charge in [0.1, 0.15) is 30.0 Å². The molecule has 1 aromatic rings. The highest BCUT2D eigenvalue weighted by atomic mass is 16.5. The molecule has 1 heterocycles. The number of ether oxygens (including phenoxy) is 1. The number of phenolic OH excluding ortho intramolecular Hbond substituents is 1. The molecule has 2 rings (SSSR count). The molecule has 0 saturated heterocycles. The first-order chi connectivity index (χ1) is 7.15.